The Bertz CT molecular complexity index is 1430. The molecule has 12 nitrogen and oxygen atoms in total. The molecule has 7 atom stereocenters. The number of carboxylic acid groups (broad SMARTS) is 1. The van der Waals surface area contributed by atoms with Crippen LogP contribution in [0.5, 0.6) is 0 Å². The summed E-state index contributed by atoms with van der Waals surface area (Å²) in [6.45, 7) is 3.18. The lowest BCUT2D eigenvalue weighted by Gasteiger charge is -2.21. The molecule has 0 bridgehead atoms. The van der Waals surface area contributed by atoms with Crippen molar-refractivity contribution in [3.63, 3.8) is 0 Å². The fourth-order valence-corrected chi connectivity index (χ4v) is 6.47. The first-order valence-electron chi connectivity index (χ1n) is 14.6. The fourth-order valence-electron chi connectivity index (χ4n) is 6.47. The lowest BCUT2D eigenvalue weighted by Crippen LogP contribution is -2.29. The monoisotopic (exact) mass is 576 g/mol. The molecule has 1 saturated heterocycles. The van der Waals surface area contributed by atoms with Crippen LogP contribution in [0, 0.1) is 17.8 Å². The highest BCUT2D eigenvalue weighted by atomic mass is 16.7. The molecule has 1 aromatic carbocycles. The molecule has 6 rings (SSSR count). The Hall–Kier alpha value is -3.87. The summed E-state index contributed by atoms with van der Waals surface area (Å²) in [4.78, 5) is 37.1. The third-order valence-corrected chi connectivity index (χ3v) is 8.47. The molecule has 3 heterocycles. The molecule has 3 aromatic rings. The standard InChI is InChI=1S/C30H36N6O6/c1-2-31-30(39)35-27-24-28(33-16-32-27)36(17-34-24)22-13-20(15-40-14-19-9-6-10-21(19)29(37)38)25-26(22)42-23(41-25)12-11-18-7-4-3-5-8-18/h3-5,7-8,11-12,16-17,19-23,25-26H,2,6,9-10,13-15H2,1H3,(H,37,38)(H2,31,32,33,35,39)/b12-11+/t19?,20?,21?,22?,23-,25?,26?/m0/s1. The molecule has 2 aliphatic carbocycles. The van der Waals surface area contributed by atoms with Gasteiger partial charge in [0.25, 0.3) is 0 Å². The molecule has 12 heteroatoms. The average Bonchev–Trinajstić information content (AvgIpc) is 3.77. The number of aliphatic carboxylic acids is 1. The van der Waals surface area contributed by atoms with Crippen LogP contribution in [0.4, 0.5) is 10.6 Å². The Labute approximate surface area is 243 Å². The number of aromatic nitrogens is 4. The SMILES string of the molecule is CCNC(=O)Nc1ncnc2c1ncn2C1CC(COCC2CCCC2C(=O)O)C2O[C@H](/C=C/c3ccccc3)OC21. The Morgan fingerprint density at radius 2 is 1.90 bits per heavy atom. The number of urea groups is 1. The van der Waals surface area contributed by atoms with Gasteiger partial charge in [0.05, 0.1) is 37.6 Å². The van der Waals surface area contributed by atoms with Crippen LogP contribution >= 0.6 is 0 Å². The summed E-state index contributed by atoms with van der Waals surface area (Å²) in [7, 11) is 0. The molecule has 3 N–H and O–H groups in total. The highest BCUT2D eigenvalue weighted by molar-refractivity contribution is 5.95. The van der Waals surface area contributed by atoms with Crippen molar-refractivity contribution in [2.45, 2.75) is 57.1 Å². The maximum Gasteiger partial charge on any atom is 0.320 e. The van der Waals surface area contributed by atoms with Crippen LogP contribution in [0.15, 0.2) is 49.1 Å². The Kier molecular flexibility index (Phi) is 8.45. The van der Waals surface area contributed by atoms with Gasteiger partial charge in [-0.05, 0) is 43.7 Å². The summed E-state index contributed by atoms with van der Waals surface area (Å²) in [6.07, 6.45) is 9.17. The Balaban J connectivity index is 1.21. The van der Waals surface area contributed by atoms with Gasteiger partial charge in [-0.1, -0.05) is 42.8 Å². The minimum absolute atomic E-state index is 0.0204. The Morgan fingerprint density at radius 3 is 2.71 bits per heavy atom. The number of rotatable bonds is 10. The van der Waals surface area contributed by atoms with Gasteiger partial charge in [-0.2, -0.15) is 0 Å². The zero-order chi connectivity index (χ0) is 29.1. The van der Waals surface area contributed by atoms with Crippen LogP contribution < -0.4 is 10.6 Å². The summed E-state index contributed by atoms with van der Waals surface area (Å²) in [5, 5.41) is 15.0. The zero-order valence-electron chi connectivity index (χ0n) is 23.5. The second kappa shape index (κ2) is 12.6. The molecule has 1 aliphatic heterocycles. The maximum absolute atomic E-state index is 12.2. The highest BCUT2D eigenvalue weighted by Crippen LogP contribution is 2.45. The van der Waals surface area contributed by atoms with Crippen LogP contribution in [-0.4, -0.2) is 74.9 Å². The number of hydrogen-bond acceptors (Lipinski definition) is 8. The third-order valence-electron chi connectivity index (χ3n) is 8.47. The molecule has 0 radical (unpaired) electrons. The number of carboxylic acids is 1. The van der Waals surface area contributed by atoms with Crippen LogP contribution in [0.1, 0.15) is 44.2 Å². The Morgan fingerprint density at radius 1 is 1.10 bits per heavy atom. The first-order valence-corrected chi connectivity index (χ1v) is 14.6. The number of hydrogen-bond donors (Lipinski definition) is 3. The van der Waals surface area contributed by atoms with Gasteiger partial charge in [-0.25, -0.2) is 19.7 Å². The molecular formula is C30H36N6O6. The second-order valence-electron chi connectivity index (χ2n) is 11.1. The normalized spacial score (nSPS) is 28.8. The van der Waals surface area contributed by atoms with E-state index in [0.29, 0.717) is 49.6 Å². The van der Waals surface area contributed by atoms with E-state index < -0.39 is 12.3 Å². The van der Waals surface area contributed by atoms with E-state index in [9.17, 15) is 14.7 Å². The molecule has 222 valence electrons. The molecular weight excluding hydrogens is 540 g/mol. The molecule has 0 spiro atoms. The van der Waals surface area contributed by atoms with E-state index in [2.05, 4.69) is 25.6 Å². The van der Waals surface area contributed by atoms with E-state index in [1.54, 1.807) is 6.33 Å². The van der Waals surface area contributed by atoms with Gasteiger partial charge in [0.2, 0.25) is 0 Å². The van der Waals surface area contributed by atoms with Gasteiger partial charge in [0.15, 0.2) is 23.3 Å². The predicted octanol–water partition coefficient (Wildman–Crippen LogP) is 3.87. The number of nitrogens with one attached hydrogen (secondary N) is 2. The quantitative estimate of drug-likeness (QED) is 0.327. The van der Waals surface area contributed by atoms with E-state index in [1.807, 2.05) is 54.0 Å². The maximum atomic E-state index is 12.2. The van der Waals surface area contributed by atoms with E-state index in [1.165, 1.54) is 6.33 Å². The summed E-state index contributed by atoms with van der Waals surface area (Å²) in [5.74, 6) is -0.699. The number of imidazole rings is 1. The van der Waals surface area contributed by atoms with Gasteiger partial charge in [0, 0.05) is 12.5 Å². The molecule has 2 aromatic heterocycles. The highest BCUT2D eigenvalue weighted by Gasteiger charge is 2.52. The topological polar surface area (TPSA) is 150 Å². The molecule has 2 saturated carbocycles. The van der Waals surface area contributed by atoms with Crippen molar-refractivity contribution in [1.29, 1.82) is 0 Å². The van der Waals surface area contributed by atoms with Gasteiger partial charge < -0.3 is 29.2 Å². The molecule has 2 amide bonds. The summed E-state index contributed by atoms with van der Waals surface area (Å²) >= 11 is 0. The lowest BCUT2D eigenvalue weighted by atomic mass is 9.97. The van der Waals surface area contributed by atoms with Gasteiger partial charge in [0.1, 0.15) is 12.4 Å². The number of nitrogens with zero attached hydrogens (tertiary/aromatic N) is 4. The van der Waals surface area contributed by atoms with Crippen molar-refractivity contribution in [2.75, 3.05) is 25.1 Å². The van der Waals surface area contributed by atoms with Gasteiger partial charge in [-0.3, -0.25) is 10.1 Å². The van der Waals surface area contributed by atoms with E-state index in [0.717, 1.165) is 18.4 Å². The van der Waals surface area contributed by atoms with E-state index in [-0.39, 0.29) is 42.0 Å². The largest absolute Gasteiger partial charge is 0.481 e. The van der Waals surface area contributed by atoms with Crippen molar-refractivity contribution in [3.05, 3.63) is 54.6 Å². The third kappa shape index (κ3) is 5.87. The van der Waals surface area contributed by atoms with Crippen LogP contribution in [0.25, 0.3) is 17.2 Å². The van der Waals surface area contributed by atoms with Crippen LogP contribution in [-0.2, 0) is 19.0 Å². The van der Waals surface area contributed by atoms with E-state index >= 15 is 0 Å². The first-order chi connectivity index (χ1) is 20.5. The van der Waals surface area contributed by atoms with Crippen molar-refractivity contribution < 1.29 is 28.9 Å². The summed E-state index contributed by atoms with van der Waals surface area (Å²) in [5.41, 5.74) is 2.12. The number of benzene rings is 1. The number of amides is 2. The van der Waals surface area contributed by atoms with Crippen molar-refractivity contribution in [3.8, 4) is 0 Å². The van der Waals surface area contributed by atoms with Crippen molar-refractivity contribution >= 4 is 35.1 Å². The number of carbonyl (C=O) groups excluding carboxylic acids is 1. The van der Waals surface area contributed by atoms with Crippen LogP contribution in [0.3, 0.4) is 0 Å². The lowest BCUT2D eigenvalue weighted by molar-refractivity contribution is -0.143. The number of carbonyl (C=O) groups is 2. The second-order valence-corrected chi connectivity index (χ2v) is 11.1. The van der Waals surface area contributed by atoms with Crippen molar-refractivity contribution in [2.24, 2.45) is 17.8 Å². The number of anilines is 1. The summed E-state index contributed by atoms with van der Waals surface area (Å²) < 4.78 is 21.0. The zero-order valence-corrected chi connectivity index (χ0v) is 23.5. The molecule has 3 aliphatic rings. The minimum atomic E-state index is -0.738. The van der Waals surface area contributed by atoms with Gasteiger partial charge in [-0.15, -0.1) is 0 Å². The number of ether oxygens (including phenoxy) is 3. The minimum Gasteiger partial charge on any atom is -0.481 e. The molecule has 6 unspecified atom stereocenters. The predicted molar refractivity (Wildman–Crippen MR) is 153 cm³/mol. The molecule has 3 fully saturated rings. The fraction of sp³-hybridized carbons (Fsp3) is 0.500. The average molecular weight is 577 g/mol. The van der Waals surface area contributed by atoms with Gasteiger partial charge >= 0.3 is 12.0 Å². The van der Waals surface area contributed by atoms with Crippen LogP contribution in [0.2, 0.25) is 0 Å². The summed E-state index contributed by atoms with van der Waals surface area (Å²) in [6, 6.07) is 9.46. The first kappa shape index (κ1) is 28.3. The van der Waals surface area contributed by atoms with Crippen molar-refractivity contribution in [1.82, 2.24) is 24.8 Å². The molecule has 42 heavy (non-hydrogen) atoms. The smallest absolute Gasteiger partial charge is 0.320 e. The van der Waals surface area contributed by atoms with E-state index in [4.69, 9.17) is 14.2 Å². The number of fused-ring (bicyclic) bond motifs is 2.